The van der Waals surface area contributed by atoms with Crippen molar-refractivity contribution in [3.05, 3.63) is 96.6 Å². The van der Waals surface area contributed by atoms with E-state index in [0.29, 0.717) is 5.75 Å². The Kier molecular flexibility index (Phi) is 5.90. The molecular formula is C28H23NO3S. The molecule has 1 heterocycles. The third-order valence-electron chi connectivity index (χ3n) is 5.77. The van der Waals surface area contributed by atoms with E-state index in [4.69, 9.17) is 15.3 Å². The number of thioether (sulfide) groups is 1. The van der Waals surface area contributed by atoms with E-state index in [-0.39, 0.29) is 0 Å². The van der Waals surface area contributed by atoms with Crippen molar-refractivity contribution in [1.29, 1.82) is 0 Å². The lowest BCUT2D eigenvalue weighted by Gasteiger charge is -2.08. The van der Waals surface area contributed by atoms with E-state index in [2.05, 4.69) is 72.8 Å². The number of hydrogen-bond acceptors (Lipinski definition) is 4. The molecule has 5 heteroatoms. The van der Waals surface area contributed by atoms with E-state index >= 15 is 0 Å². The van der Waals surface area contributed by atoms with Crippen LogP contribution in [0.15, 0.2) is 95.4 Å². The zero-order valence-corrected chi connectivity index (χ0v) is 18.7. The summed E-state index contributed by atoms with van der Waals surface area (Å²) >= 11 is 1.53. The molecule has 164 valence electrons. The number of carboxylic acids is 1. The largest absolute Gasteiger partial charge is 0.480 e. The molecular weight excluding hydrogens is 430 g/mol. The number of aliphatic carboxylic acids is 1. The third kappa shape index (κ3) is 4.38. The van der Waals surface area contributed by atoms with Crippen LogP contribution < -0.4 is 5.73 Å². The molecule has 1 aromatic heterocycles. The average molecular weight is 454 g/mol. The standard InChI is InChI=1S/C28H23NO3S/c29-25(28(30)31)17-33-16-18-8-10-19(11-9-18)20-12-14-21(15-13-20)22-5-3-6-24-23-4-1-2-7-26(23)32-27(22)24/h1-15,25H,16-17,29H2,(H,30,31). The second-order valence-electron chi connectivity index (χ2n) is 8.01. The first kappa shape index (κ1) is 21.3. The van der Waals surface area contributed by atoms with Gasteiger partial charge in [-0.3, -0.25) is 4.79 Å². The van der Waals surface area contributed by atoms with E-state index < -0.39 is 12.0 Å². The molecule has 0 radical (unpaired) electrons. The van der Waals surface area contributed by atoms with Crippen LogP contribution in [0.2, 0.25) is 0 Å². The fraction of sp³-hybridized carbons (Fsp3) is 0.107. The van der Waals surface area contributed by atoms with Gasteiger partial charge in [0.2, 0.25) is 0 Å². The number of para-hydroxylation sites is 2. The van der Waals surface area contributed by atoms with Crippen LogP contribution in [-0.4, -0.2) is 22.9 Å². The Bertz CT molecular complexity index is 1420. The van der Waals surface area contributed by atoms with Gasteiger partial charge in [0.1, 0.15) is 17.2 Å². The third-order valence-corrected chi connectivity index (χ3v) is 6.90. The molecule has 0 bridgehead atoms. The van der Waals surface area contributed by atoms with E-state index in [9.17, 15) is 4.79 Å². The van der Waals surface area contributed by atoms with Crippen molar-refractivity contribution in [3.8, 4) is 22.3 Å². The maximum atomic E-state index is 10.8. The van der Waals surface area contributed by atoms with Crippen LogP contribution in [0.4, 0.5) is 0 Å². The number of furan rings is 1. The SMILES string of the molecule is NC(CSCc1ccc(-c2ccc(-c3cccc4c3oc3ccccc34)cc2)cc1)C(=O)O. The minimum atomic E-state index is -0.960. The fourth-order valence-corrected chi connectivity index (χ4v) is 4.93. The minimum absolute atomic E-state index is 0.399. The highest BCUT2D eigenvalue weighted by molar-refractivity contribution is 7.98. The highest BCUT2D eigenvalue weighted by Gasteiger charge is 2.12. The molecule has 1 atom stereocenters. The van der Waals surface area contributed by atoms with Crippen molar-refractivity contribution in [2.45, 2.75) is 11.8 Å². The second kappa shape index (κ2) is 9.14. The summed E-state index contributed by atoms with van der Waals surface area (Å²) in [6, 6.07) is 30.5. The van der Waals surface area contributed by atoms with E-state index in [1.807, 2.05) is 18.2 Å². The number of rotatable bonds is 7. The van der Waals surface area contributed by atoms with Gasteiger partial charge in [-0.1, -0.05) is 84.9 Å². The molecule has 3 N–H and O–H groups in total. The summed E-state index contributed by atoms with van der Waals surface area (Å²) in [6.45, 7) is 0. The van der Waals surface area contributed by atoms with Gasteiger partial charge in [0.15, 0.2) is 0 Å². The van der Waals surface area contributed by atoms with Crippen LogP contribution in [0.5, 0.6) is 0 Å². The smallest absolute Gasteiger partial charge is 0.321 e. The van der Waals surface area contributed by atoms with Crippen molar-refractivity contribution in [1.82, 2.24) is 0 Å². The van der Waals surface area contributed by atoms with Gasteiger partial charge in [0, 0.05) is 27.8 Å². The molecule has 0 fully saturated rings. The van der Waals surface area contributed by atoms with Crippen molar-refractivity contribution < 1.29 is 14.3 Å². The number of carbonyl (C=O) groups is 1. The Morgan fingerprint density at radius 2 is 1.45 bits per heavy atom. The normalized spacial score (nSPS) is 12.3. The number of fused-ring (bicyclic) bond motifs is 3. The van der Waals surface area contributed by atoms with Gasteiger partial charge in [-0.25, -0.2) is 0 Å². The Morgan fingerprint density at radius 1 is 0.818 bits per heavy atom. The maximum absolute atomic E-state index is 10.8. The Morgan fingerprint density at radius 3 is 2.18 bits per heavy atom. The average Bonchev–Trinajstić information content (AvgIpc) is 3.23. The molecule has 0 aliphatic heterocycles. The lowest BCUT2D eigenvalue weighted by atomic mass is 9.98. The van der Waals surface area contributed by atoms with Crippen LogP contribution in [0.25, 0.3) is 44.2 Å². The summed E-state index contributed by atoms with van der Waals surface area (Å²) in [5, 5.41) is 11.1. The molecule has 0 saturated heterocycles. The first-order valence-electron chi connectivity index (χ1n) is 10.8. The van der Waals surface area contributed by atoms with Crippen molar-refractivity contribution in [3.63, 3.8) is 0 Å². The molecule has 0 aliphatic rings. The van der Waals surface area contributed by atoms with Gasteiger partial charge in [0.05, 0.1) is 0 Å². The highest BCUT2D eigenvalue weighted by Crippen LogP contribution is 2.36. The molecule has 5 aromatic rings. The molecule has 4 aromatic carbocycles. The van der Waals surface area contributed by atoms with E-state index in [1.54, 1.807) is 0 Å². The van der Waals surface area contributed by atoms with Gasteiger partial charge < -0.3 is 15.3 Å². The lowest BCUT2D eigenvalue weighted by Crippen LogP contribution is -2.32. The molecule has 0 aliphatic carbocycles. The van der Waals surface area contributed by atoms with Crippen molar-refractivity contribution >= 4 is 39.7 Å². The summed E-state index contributed by atoms with van der Waals surface area (Å²) in [7, 11) is 0. The van der Waals surface area contributed by atoms with Gasteiger partial charge in [-0.15, -0.1) is 0 Å². The van der Waals surface area contributed by atoms with Crippen LogP contribution in [0, 0.1) is 0 Å². The summed E-state index contributed by atoms with van der Waals surface area (Å²) < 4.78 is 6.18. The maximum Gasteiger partial charge on any atom is 0.321 e. The predicted octanol–water partition coefficient (Wildman–Crippen LogP) is 6.57. The summed E-state index contributed by atoms with van der Waals surface area (Å²) in [5.41, 5.74) is 13.0. The first-order valence-corrected chi connectivity index (χ1v) is 11.9. The first-order chi connectivity index (χ1) is 16.1. The second-order valence-corrected chi connectivity index (χ2v) is 9.04. The Hall–Kier alpha value is -3.54. The zero-order chi connectivity index (χ0) is 22.8. The van der Waals surface area contributed by atoms with Gasteiger partial charge >= 0.3 is 5.97 Å². The van der Waals surface area contributed by atoms with E-state index in [1.165, 1.54) is 11.8 Å². The van der Waals surface area contributed by atoms with Gasteiger partial charge in [0.25, 0.3) is 0 Å². The molecule has 4 nitrogen and oxygen atoms in total. The molecule has 0 amide bonds. The van der Waals surface area contributed by atoms with Crippen molar-refractivity contribution in [2.24, 2.45) is 5.73 Å². The van der Waals surface area contributed by atoms with Gasteiger partial charge in [-0.05, 0) is 28.3 Å². The predicted molar refractivity (Wildman–Crippen MR) is 136 cm³/mol. The molecule has 0 spiro atoms. The highest BCUT2D eigenvalue weighted by atomic mass is 32.2. The fourth-order valence-electron chi connectivity index (χ4n) is 3.99. The number of hydrogen-bond donors (Lipinski definition) is 2. The quantitative estimate of drug-likeness (QED) is 0.292. The van der Waals surface area contributed by atoms with Crippen LogP contribution >= 0.6 is 11.8 Å². The number of nitrogens with two attached hydrogens (primary N) is 1. The van der Waals surface area contributed by atoms with E-state index in [0.717, 1.165) is 55.5 Å². The van der Waals surface area contributed by atoms with Crippen LogP contribution in [-0.2, 0) is 10.5 Å². The lowest BCUT2D eigenvalue weighted by molar-refractivity contribution is -0.137. The van der Waals surface area contributed by atoms with Crippen molar-refractivity contribution in [2.75, 3.05) is 5.75 Å². The van der Waals surface area contributed by atoms with Gasteiger partial charge in [-0.2, -0.15) is 11.8 Å². The minimum Gasteiger partial charge on any atom is -0.480 e. The summed E-state index contributed by atoms with van der Waals surface area (Å²) in [5.74, 6) is 0.177. The molecule has 0 saturated carbocycles. The molecule has 5 rings (SSSR count). The Balaban J connectivity index is 1.34. The summed E-state index contributed by atoms with van der Waals surface area (Å²) in [6.07, 6.45) is 0. The molecule has 1 unspecified atom stereocenters. The molecule has 33 heavy (non-hydrogen) atoms. The zero-order valence-electron chi connectivity index (χ0n) is 17.9. The van der Waals surface area contributed by atoms with Crippen LogP contribution in [0.1, 0.15) is 5.56 Å². The topological polar surface area (TPSA) is 76.5 Å². The summed E-state index contributed by atoms with van der Waals surface area (Å²) in [4.78, 5) is 10.8. The number of carboxylic acid groups (broad SMARTS) is 1. The monoisotopic (exact) mass is 453 g/mol. The number of benzene rings is 4. The Labute approximate surface area is 196 Å². The van der Waals surface area contributed by atoms with Crippen LogP contribution in [0.3, 0.4) is 0 Å².